The monoisotopic (exact) mass is 309 g/mol. The van der Waals surface area contributed by atoms with Crippen LogP contribution in [0.5, 0.6) is 0 Å². The molecule has 0 bridgehead atoms. The Morgan fingerprint density at radius 1 is 1.44 bits per heavy atom. The normalized spacial score (nSPS) is 23.1. The first-order chi connectivity index (χ1) is 8.65. The van der Waals surface area contributed by atoms with Gasteiger partial charge in [-0.2, -0.15) is 0 Å². The van der Waals surface area contributed by atoms with Crippen molar-refractivity contribution in [3.63, 3.8) is 0 Å². The highest BCUT2D eigenvalue weighted by atomic mass is 79.9. The van der Waals surface area contributed by atoms with E-state index in [0.717, 1.165) is 29.8 Å². The maximum absolute atomic E-state index is 4.44. The zero-order chi connectivity index (χ0) is 12.7. The topological polar surface area (TPSA) is 46.3 Å². The van der Waals surface area contributed by atoms with E-state index in [0.29, 0.717) is 4.83 Å². The molecule has 5 nitrogen and oxygen atoms in total. The van der Waals surface area contributed by atoms with Crippen LogP contribution in [0, 0.1) is 12.8 Å². The Bertz CT molecular complexity index is 561. The number of nitrogens with zero attached hydrogens (tertiary/aromatic N) is 5. The molecule has 2 aromatic rings. The van der Waals surface area contributed by atoms with Gasteiger partial charge in [0.2, 0.25) is 5.65 Å². The molecular formula is C12H16BrN5. The summed E-state index contributed by atoms with van der Waals surface area (Å²) in [4.78, 5) is 7.33. The Morgan fingerprint density at radius 3 is 2.94 bits per heavy atom. The summed E-state index contributed by atoms with van der Waals surface area (Å²) in [5.74, 6) is 2.56. The summed E-state index contributed by atoms with van der Waals surface area (Å²) < 4.78 is 1.98. The zero-order valence-electron chi connectivity index (χ0n) is 10.5. The fraction of sp³-hybridized carbons (Fsp3) is 0.583. The van der Waals surface area contributed by atoms with Crippen molar-refractivity contribution in [2.75, 3.05) is 18.5 Å². The van der Waals surface area contributed by atoms with Gasteiger partial charge in [-0.1, -0.05) is 15.9 Å². The van der Waals surface area contributed by atoms with Gasteiger partial charge < -0.3 is 4.90 Å². The quantitative estimate of drug-likeness (QED) is 0.814. The minimum absolute atomic E-state index is 0.704. The molecule has 1 aliphatic carbocycles. The lowest BCUT2D eigenvalue weighted by atomic mass is 9.85. The highest BCUT2D eigenvalue weighted by Gasteiger charge is 2.28. The second kappa shape index (κ2) is 4.50. The van der Waals surface area contributed by atoms with Crippen molar-refractivity contribution < 1.29 is 0 Å². The molecule has 0 atom stereocenters. The third-order valence-corrected chi connectivity index (χ3v) is 4.30. The number of rotatable bonds is 3. The van der Waals surface area contributed by atoms with E-state index in [1.54, 1.807) is 0 Å². The molecule has 6 heteroatoms. The Labute approximate surface area is 114 Å². The lowest BCUT2D eigenvalue weighted by Crippen LogP contribution is -2.35. The minimum Gasteiger partial charge on any atom is -0.356 e. The molecule has 3 rings (SSSR count). The zero-order valence-corrected chi connectivity index (χ0v) is 12.1. The van der Waals surface area contributed by atoms with Crippen molar-refractivity contribution in [3.05, 3.63) is 18.2 Å². The van der Waals surface area contributed by atoms with Gasteiger partial charge in [-0.15, -0.1) is 10.2 Å². The standard InChI is InChI=1S/C12H16BrN5/c1-8-15-16-12-11(14-3-4-18(8)12)17(2)7-9-5-10(13)6-9/h3-4,9-10H,5-7H2,1-2H3. The van der Waals surface area contributed by atoms with Gasteiger partial charge in [0, 0.05) is 30.8 Å². The minimum atomic E-state index is 0.704. The summed E-state index contributed by atoms with van der Waals surface area (Å²) in [6.45, 7) is 2.98. The number of alkyl halides is 1. The van der Waals surface area contributed by atoms with Crippen molar-refractivity contribution in [2.24, 2.45) is 5.92 Å². The van der Waals surface area contributed by atoms with Gasteiger partial charge in [0.1, 0.15) is 5.82 Å². The van der Waals surface area contributed by atoms with Gasteiger partial charge in [-0.05, 0) is 25.7 Å². The lowest BCUT2D eigenvalue weighted by Gasteiger charge is -2.34. The van der Waals surface area contributed by atoms with E-state index >= 15 is 0 Å². The van der Waals surface area contributed by atoms with Crippen molar-refractivity contribution in [3.8, 4) is 0 Å². The second-order valence-electron chi connectivity index (χ2n) is 5.01. The van der Waals surface area contributed by atoms with E-state index in [4.69, 9.17) is 0 Å². The summed E-state index contributed by atoms with van der Waals surface area (Å²) in [7, 11) is 2.08. The molecule has 1 aliphatic rings. The number of anilines is 1. The van der Waals surface area contributed by atoms with E-state index in [-0.39, 0.29) is 0 Å². The first kappa shape index (κ1) is 11.9. The molecule has 1 saturated carbocycles. The Hall–Kier alpha value is -1.17. The lowest BCUT2D eigenvalue weighted by molar-refractivity contribution is 0.338. The highest BCUT2D eigenvalue weighted by molar-refractivity contribution is 9.09. The summed E-state index contributed by atoms with van der Waals surface area (Å²) in [5, 5.41) is 8.31. The molecule has 96 valence electrons. The smallest absolute Gasteiger partial charge is 0.203 e. The fourth-order valence-corrected chi connectivity index (χ4v) is 3.53. The van der Waals surface area contributed by atoms with Gasteiger partial charge in [0.15, 0.2) is 5.82 Å². The highest BCUT2D eigenvalue weighted by Crippen LogP contribution is 2.34. The molecule has 2 heterocycles. The molecule has 0 unspecified atom stereocenters. The van der Waals surface area contributed by atoms with Crippen LogP contribution in [-0.4, -0.2) is 38.0 Å². The van der Waals surface area contributed by atoms with Gasteiger partial charge in [-0.25, -0.2) is 4.98 Å². The molecular weight excluding hydrogens is 294 g/mol. The molecule has 0 N–H and O–H groups in total. The molecule has 0 spiro atoms. The molecule has 0 amide bonds. The summed E-state index contributed by atoms with van der Waals surface area (Å²) in [6, 6.07) is 0. The molecule has 18 heavy (non-hydrogen) atoms. The second-order valence-corrected chi connectivity index (χ2v) is 6.30. The van der Waals surface area contributed by atoms with E-state index in [9.17, 15) is 0 Å². The average molecular weight is 310 g/mol. The molecule has 2 aromatic heterocycles. The van der Waals surface area contributed by atoms with Crippen LogP contribution in [-0.2, 0) is 0 Å². The Balaban J connectivity index is 1.84. The molecule has 1 fully saturated rings. The van der Waals surface area contributed by atoms with Gasteiger partial charge in [0.25, 0.3) is 0 Å². The average Bonchev–Trinajstić information content (AvgIpc) is 2.69. The first-order valence-corrected chi connectivity index (χ1v) is 7.08. The van der Waals surface area contributed by atoms with Crippen LogP contribution in [0.2, 0.25) is 0 Å². The molecule has 0 aliphatic heterocycles. The third-order valence-electron chi connectivity index (χ3n) is 3.55. The van der Waals surface area contributed by atoms with E-state index in [1.165, 1.54) is 12.8 Å². The number of aromatic nitrogens is 4. The van der Waals surface area contributed by atoms with Crippen LogP contribution in [0.3, 0.4) is 0 Å². The van der Waals surface area contributed by atoms with Crippen molar-refractivity contribution in [1.29, 1.82) is 0 Å². The maximum atomic E-state index is 4.44. The van der Waals surface area contributed by atoms with Gasteiger partial charge >= 0.3 is 0 Å². The van der Waals surface area contributed by atoms with Gasteiger partial charge in [-0.3, -0.25) is 4.40 Å². The summed E-state index contributed by atoms with van der Waals surface area (Å²) in [5.41, 5.74) is 0.840. The number of aryl methyl sites for hydroxylation is 1. The molecule has 0 radical (unpaired) electrons. The van der Waals surface area contributed by atoms with Crippen LogP contribution in [0.4, 0.5) is 5.82 Å². The fourth-order valence-electron chi connectivity index (χ4n) is 2.48. The summed E-state index contributed by atoms with van der Waals surface area (Å²) in [6.07, 6.45) is 6.21. The Kier molecular flexibility index (Phi) is 2.97. The predicted molar refractivity (Wildman–Crippen MR) is 74.2 cm³/mol. The van der Waals surface area contributed by atoms with E-state index in [1.807, 2.05) is 23.7 Å². The van der Waals surface area contributed by atoms with E-state index < -0.39 is 0 Å². The van der Waals surface area contributed by atoms with Crippen LogP contribution in [0.1, 0.15) is 18.7 Å². The van der Waals surface area contributed by atoms with Crippen LogP contribution in [0.25, 0.3) is 5.65 Å². The SMILES string of the molecule is Cc1nnc2c(N(C)CC3CC(Br)C3)nccn12. The number of halogens is 1. The number of hydrogen-bond acceptors (Lipinski definition) is 4. The number of hydrogen-bond donors (Lipinski definition) is 0. The van der Waals surface area contributed by atoms with Crippen LogP contribution < -0.4 is 4.90 Å². The first-order valence-electron chi connectivity index (χ1n) is 6.16. The van der Waals surface area contributed by atoms with E-state index in [2.05, 4.69) is 43.1 Å². The third kappa shape index (κ3) is 1.98. The van der Waals surface area contributed by atoms with Crippen LogP contribution in [0.15, 0.2) is 12.4 Å². The number of fused-ring (bicyclic) bond motifs is 1. The molecule has 0 aromatic carbocycles. The molecule has 0 saturated heterocycles. The largest absolute Gasteiger partial charge is 0.356 e. The maximum Gasteiger partial charge on any atom is 0.203 e. The van der Waals surface area contributed by atoms with Crippen LogP contribution >= 0.6 is 15.9 Å². The predicted octanol–water partition coefficient (Wildman–Crippen LogP) is 2.04. The van der Waals surface area contributed by atoms with Gasteiger partial charge in [0.05, 0.1) is 0 Å². The van der Waals surface area contributed by atoms with Crippen molar-refractivity contribution >= 4 is 27.4 Å². The van der Waals surface area contributed by atoms with Crippen molar-refractivity contribution in [1.82, 2.24) is 19.6 Å². The summed E-state index contributed by atoms with van der Waals surface area (Å²) >= 11 is 3.63. The van der Waals surface area contributed by atoms with Crippen molar-refractivity contribution in [2.45, 2.75) is 24.6 Å². The Morgan fingerprint density at radius 2 is 2.22 bits per heavy atom.